The van der Waals surface area contributed by atoms with E-state index in [0.29, 0.717) is 0 Å². The summed E-state index contributed by atoms with van der Waals surface area (Å²) in [7, 11) is 0. The van der Waals surface area contributed by atoms with Crippen LogP contribution in [0.4, 0.5) is 0 Å². The number of aryl methyl sites for hydroxylation is 3. The van der Waals surface area contributed by atoms with Crippen LogP contribution in [0.3, 0.4) is 0 Å². The highest BCUT2D eigenvalue weighted by molar-refractivity contribution is 5.79. The molecule has 1 amide bonds. The molecule has 0 spiro atoms. The van der Waals surface area contributed by atoms with Gasteiger partial charge >= 0.3 is 0 Å². The smallest absolute Gasteiger partial charge is 0.268 e. The SMILES string of the molecule is Cc1cc(Oc2cccc(CCCO)c2)c(C)cc1CC(=O)N=N. The number of aliphatic hydroxyl groups excluding tert-OH is 1. The van der Waals surface area contributed by atoms with Crippen LogP contribution in [0.1, 0.15) is 28.7 Å². The van der Waals surface area contributed by atoms with E-state index >= 15 is 0 Å². The Bertz CT molecular complexity index is 741. The Hall–Kier alpha value is -2.53. The maximum absolute atomic E-state index is 11.3. The van der Waals surface area contributed by atoms with Crippen LogP contribution in [0.25, 0.3) is 0 Å². The second-order valence-electron chi connectivity index (χ2n) is 5.80. The highest BCUT2D eigenvalue weighted by atomic mass is 16.5. The van der Waals surface area contributed by atoms with Crippen molar-refractivity contribution >= 4 is 5.91 Å². The summed E-state index contributed by atoms with van der Waals surface area (Å²) in [6.45, 7) is 4.01. The molecule has 0 radical (unpaired) electrons. The molecule has 0 aliphatic carbocycles. The van der Waals surface area contributed by atoms with Crippen molar-refractivity contribution in [1.29, 1.82) is 5.53 Å². The number of ether oxygens (including phenoxy) is 1. The van der Waals surface area contributed by atoms with Crippen molar-refractivity contribution in [3.8, 4) is 11.5 Å². The van der Waals surface area contributed by atoms with Gasteiger partial charge in [0, 0.05) is 6.61 Å². The molecule has 0 unspecified atom stereocenters. The molecule has 0 atom stereocenters. The largest absolute Gasteiger partial charge is 0.457 e. The summed E-state index contributed by atoms with van der Waals surface area (Å²) in [4.78, 5) is 11.3. The topological polar surface area (TPSA) is 82.7 Å². The van der Waals surface area contributed by atoms with E-state index in [1.807, 2.05) is 50.2 Å². The Morgan fingerprint density at radius 2 is 2.00 bits per heavy atom. The highest BCUT2D eigenvalue weighted by Gasteiger charge is 2.10. The molecular formula is C19H22N2O3. The quantitative estimate of drug-likeness (QED) is 0.751. The van der Waals surface area contributed by atoms with Gasteiger partial charge in [0.25, 0.3) is 5.91 Å². The normalized spacial score (nSPS) is 10.5. The van der Waals surface area contributed by atoms with Crippen LogP contribution < -0.4 is 4.74 Å². The zero-order chi connectivity index (χ0) is 17.5. The van der Waals surface area contributed by atoms with Gasteiger partial charge in [0.05, 0.1) is 6.42 Å². The van der Waals surface area contributed by atoms with Gasteiger partial charge in [-0.3, -0.25) is 4.79 Å². The van der Waals surface area contributed by atoms with Crippen LogP contribution in [0.2, 0.25) is 0 Å². The maximum Gasteiger partial charge on any atom is 0.268 e. The van der Waals surface area contributed by atoms with Crippen molar-refractivity contribution in [2.45, 2.75) is 33.1 Å². The summed E-state index contributed by atoms with van der Waals surface area (Å²) in [5.74, 6) is 1.03. The van der Waals surface area contributed by atoms with E-state index in [-0.39, 0.29) is 13.0 Å². The third-order valence-electron chi connectivity index (χ3n) is 3.85. The summed E-state index contributed by atoms with van der Waals surface area (Å²) in [5, 5.41) is 11.9. The standard InChI is InChI=1S/C19H22N2O3/c1-13-10-18(14(2)9-16(13)12-19(23)21-20)24-17-7-3-5-15(11-17)6-4-8-22/h3,5,7,9-11,20,22H,4,6,8,12H2,1-2H3. The minimum atomic E-state index is -0.456. The Morgan fingerprint density at radius 1 is 1.21 bits per heavy atom. The Morgan fingerprint density at radius 3 is 2.71 bits per heavy atom. The monoisotopic (exact) mass is 326 g/mol. The minimum absolute atomic E-state index is 0.132. The molecule has 0 aliphatic rings. The van der Waals surface area contributed by atoms with Gasteiger partial charge < -0.3 is 9.84 Å². The summed E-state index contributed by atoms with van der Waals surface area (Å²) < 4.78 is 5.99. The maximum atomic E-state index is 11.3. The first kappa shape index (κ1) is 17.8. The predicted octanol–water partition coefficient (Wildman–Crippen LogP) is 4.12. The number of benzene rings is 2. The van der Waals surface area contributed by atoms with Gasteiger partial charge in [-0.1, -0.05) is 18.2 Å². The molecule has 0 bridgehead atoms. The van der Waals surface area contributed by atoms with E-state index in [2.05, 4.69) is 5.11 Å². The van der Waals surface area contributed by atoms with Gasteiger partial charge in [-0.15, -0.1) is 5.11 Å². The first-order valence-electron chi connectivity index (χ1n) is 7.91. The Kier molecular flexibility index (Phi) is 6.21. The number of hydrogen-bond acceptors (Lipinski definition) is 4. The number of aliphatic hydroxyl groups is 1. The van der Waals surface area contributed by atoms with Crippen LogP contribution in [-0.2, 0) is 17.6 Å². The highest BCUT2D eigenvalue weighted by Crippen LogP contribution is 2.29. The van der Waals surface area contributed by atoms with Crippen molar-refractivity contribution in [1.82, 2.24) is 0 Å². The molecule has 0 fully saturated rings. The average Bonchev–Trinajstić information content (AvgIpc) is 2.57. The summed E-state index contributed by atoms with van der Waals surface area (Å²) in [6.07, 6.45) is 1.67. The van der Waals surface area contributed by atoms with Crippen LogP contribution in [0.5, 0.6) is 11.5 Å². The lowest BCUT2D eigenvalue weighted by Crippen LogP contribution is -2.01. The molecule has 2 aromatic rings. The van der Waals surface area contributed by atoms with Crippen molar-refractivity contribution in [2.75, 3.05) is 6.61 Å². The van der Waals surface area contributed by atoms with Gasteiger partial charge in [-0.2, -0.15) is 0 Å². The van der Waals surface area contributed by atoms with Crippen LogP contribution >= 0.6 is 0 Å². The molecule has 5 heteroatoms. The van der Waals surface area contributed by atoms with E-state index in [9.17, 15) is 4.79 Å². The summed E-state index contributed by atoms with van der Waals surface area (Å²) >= 11 is 0. The van der Waals surface area contributed by atoms with E-state index in [1.54, 1.807) is 0 Å². The number of amides is 1. The number of hydrogen-bond donors (Lipinski definition) is 2. The number of nitrogens with one attached hydrogen (secondary N) is 1. The first-order valence-corrected chi connectivity index (χ1v) is 7.91. The number of rotatable bonds is 7. The zero-order valence-electron chi connectivity index (χ0n) is 14.0. The zero-order valence-corrected chi connectivity index (χ0v) is 14.0. The molecule has 2 N–H and O–H groups in total. The first-order chi connectivity index (χ1) is 11.5. The van der Waals surface area contributed by atoms with E-state index in [4.69, 9.17) is 15.4 Å². The van der Waals surface area contributed by atoms with Gasteiger partial charge in [0.1, 0.15) is 11.5 Å². The van der Waals surface area contributed by atoms with Crippen molar-refractivity contribution in [2.24, 2.45) is 5.11 Å². The molecule has 2 aromatic carbocycles. The third-order valence-corrected chi connectivity index (χ3v) is 3.85. The van der Waals surface area contributed by atoms with Crippen LogP contribution in [0, 0.1) is 19.4 Å². The molecule has 0 saturated heterocycles. The second kappa shape index (κ2) is 8.36. The minimum Gasteiger partial charge on any atom is -0.457 e. The van der Waals surface area contributed by atoms with Gasteiger partial charge in [0.15, 0.2) is 0 Å². The molecule has 0 saturated carbocycles. The Labute approximate surface area is 141 Å². The van der Waals surface area contributed by atoms with Crippen molar-refractivity contribution in [3.63, 3.8) is 0 Å². The van der Waals surface area contributed by atoms with E-state index in [0.717, 1.165) is 46.6 Å². The number of carbonyl (C=O) groups excluding carboxylic acids is 1. The molecule has 24 heavy (non-hydrogen) atoms. The predicted molar refractivity (Wildman–Crippen MR) is 91.7 cm³/mol. The van der Waals surface area contributed by atoms with Crippen LogP contribution in [0.15, 0.2) is 41.5 Å². The molecule has 5 nitrogen and oxygen atoms in total. The molecule has 0 heterocycles. The summed E-state index contributed by atoms with van der Waals surface area (Å²) in [5.41, 5.74) is 10.6. The lowest BCUT2D eigenvalue weighted by Gasteiger charge is -2.13. The lowest BCUT2D eigenvalue weighted by atomic mass is 10.0. The van der Waals surface area contributed by atoms with Gasteiger partial charge in [0.2, 0.25) is 0 Å². The summed E-state index contributed by atoms with van der Waals surface area (Å²) in [6, 6.07) is 11.6. The van der Waals surface area contributed by atoms with Crippen molar-refractivity contribution in [3.05, 3.63) is 58.7 Å². The Balaban J connectivity index is 2.19. The average molecular weight is 326 g/mol. The second-order valence-corrected chi connectivity index (χ2v) is 5.80. The fourth-order valence-corrected chi connectivity index (χ4v) is 2.53. The molecule has 0 aromatic heterocycles. The molecule has 126 valence electrons. The molecule has 0 aliphatic heterocycles. The van der Waals surface area contributed by atoms with Crippen molar-refractivity contribution < 1.29 is 14.6 Å². The number of carbonyl (C=O) groups is 1. The molecular weight excluding hydrogens is 304 g/mol. The van der Waals surface area contributed by atoms with Crippen LogP contribution in [-0.4, -0.2) is 17.6 Å². The van der Waals surface area contributed by atoms with E-state index < -0.39 is 5.91 Å². The number of nitrogens with zero attached hydrogens (tertiary/aromatic N) is 1. The molecule has 2 rings (SSSR count). The fourth-order valence-electron chi connectivity index (χ4n) is 2.53. The van der Waals surface area contributed by atoms with Gasteiger partial charge in [-0.05, 0) is 67.1 Å². The third kappa shape index (κ3) is 4.73. The fraction of sp³-hybridized carbons (Fsp3) is 0.316. The van der Waals surface area contributed by atoms with Gasteiger partial charge in [-0.25, -0.2) is 5.53 Å². The van der Waals surface area contributed by atoms with E-state index in [1.165, 1.54) is 0 Å². The lowest BCUT2D eigenvalue weighted by molar-refractivity contribution is -0.117.